The van der Waals surface area contributed by atoms with Crippen molar-refractivity contribution in [1.29, 1.82) is 0 Å². The van der Waals surface area contributed by atoms with Gasteiger partial charge in [-0.1, -0.05) is 42.0 Å². The largest absolute Gasteiger partial charge is 0.294 e. The predicted molar refractivity (Wildman–Crippen MR) is 98.8 cm³/mol. The van der Waals surface area contributed by atoms with Crippen molar-refractivity contribution >= 4 is 15.8 Å². The van der Waals surface area contributed by atoms with Gasteiger partial charge in [0.25, 0.3) is 0 Å². The Kier molecular flexibility index (Phi) is 5.53. The maximum Gasteiger partial charge on any atom is 0.218 e. The smallest absolute Gasteiger partial charge is 0.218 e. The molecule has 0 atom stereocenters. The summed E-state index contributed by atoms with van der Waals surface area (Å²) in [6.07, 6.45) is 1.05. The fourth-order valence-corrected chi connectivity index (χ4v) is 4.80. The SMILES string of the molecule is Cc1ccc(C(=O)C2CCN(S(=O)(=O)Cc3ccc(F)cc3)CC2)cc1. The lowest BCUT2D eigenvalue weighted by molar-refractivity contribution is 0.0875. The second kappa shape index (κ2) is 7.68. The molecule has 6 heteroatoms. The first kappa shape index (κ1) is 18.7. The number of rotatable bonds is 5. The lowest BCUT2D eigenvalue weighted by Crippen LogP contribution is -2.40. The first-order chi connectivity index (χ1) is 12.3. The normalized spacial score (nSPS) is 16.5. The van der Waals surface area contributed by atoms with Crippen molar-refractivity contribution < 1.29 is 17.6 Å². The second-order valence-electron chi connectivity index (χ2n) is 6.79. The predicted octanol–water partition coefficient (Wildman–Crippen LogP) is 3.56. The summed E-state index contributed by atoms with van der Waals surface area (Å²) < 4.78 is 39.5. The molecule has 0 N–H and O–H groups in total. The van der Waals surface area contributed by atoms with Gasteiger partial charge in [0.15, 0.2) is 5.78 Å². The highest BCUT2D eigenvalue weighted by Gasteiger charge is 2.31. The molecule has 138 valence electrons. The van der Waals surface area contributed by atoms with E-state index < -0.39 is 10.0 Å². The Hall–Kier alpha value is -2.05. The van der Waals surface area contributed by atoms with Crippen molar-refractivity contribution in [3.63, 3.8) is 0 Å². The zero-order valence-corrected chi connectivity index (χ0v) is 15.5. The fourth-order valence-electron chi connectivity index (χ4n) is 3.23. The van der Waals surface area contributed by atoms with Crippen LogP contribution >= 0.6 is 0 Å². The lowest BCUT2D eigenvalue weighted by Gasteiger charge is -2.30. The minimum atomic E-state index is -3.47. The van der Waals surface area contributed by atoms with E-state index in [1.165, 1.54) is 28.6 Å². The molecular formula is C20H22FNO3S. The maximum atomic E-state index is 13.0. The number of aryl methyl sites for hydroxylation is 1. The van der Waals surface area contributed by atoms with Gasteiger partial charge in [-0.25, -0.2) is 17.1 Å². The van der Waals surface area contributed by atoms with Crippen molar-refractivity contribution in [3.8, 4) is 0 Å². The minimum Gasteiger partial charge on any atom is -0.294 e. The third-order valence-electron chi connectivity index (χ3n) is 4.82. The molecule has 0 spiro atoms. The maximum absolute atomic E-state index is 13.0. The number of hydrogen-bond acceptors (Lipinski definition) is 3. The minimum absolute atomic E-state index is 0.0839. The van der Waals surface area contributed by atoms with Gasteiger partial charge in [0.05, 0.1) is 5.75 Å². The number of halogens is 1. The molecule has 1 heterocycles. The van der Waals surface area contributed by atoms with E-state index in [4.69, 9.17) is 0 Å². The van der Waals surface area contributed by atoms with Gasteiger partial charge in [-0.2, -0.15) is 0 Å². The first-order valence-electron chi connectivity index (χ1n) is 8.68. The van der Waals surface area contributed by atoms with Gasteiger partial charge in [0.1, 0.15) is 5.82 Å². The van der Waals surface area contributed by atoms with Crippen LogP contribution in [0.2, 0.25) is 0 Å². The molecule has 1 fully saturated rings. The number of carbonyl (C=O) groups excluding carboxylic acids is 1. The summed E-state index contributed by atoms with van der Waals surface area (Å²) in [6.45, 7) is 2.65. The van der Waals surface area contributed by atoms with E-state index in [1.807, 2.05) is 31.2 Å². The van der Waals surface area contributed by atoms with E-state index in [9.17, 15) is 17.6 Å². The molecule has 4 nitrogen and oxygen atoms in total. The number of sulfonamides is 1. The van der Waals surface area contributed by atoms with Crippen molar-refractivity contribution in [1.82, 2.24) is 4.31 Å². The molecule has 0 saturated carbocycles. The molecule has 0 aromatic heterocycles. The quantitative estimate of drug-likeness (QED) is 0.751. The highest BCUT2D eigenvalue weighted by molar-refractivity contribution is 7.88. The van der Waals surface area contributed by atoms with Crippen molar-refractivity contribution in [2.75, 3.05) is 13.1 Å². The number of benzene rings is 2. The highest BCUT2D eigenvalue weighted by atomic mass is 32.2. The van der Waals surface area contributed by atoms with Crippen LogP contribution in [0.25, 0.3) is 0 Å². The molecule has 1 aliphatic rings. The summed E-state index contributed by atoms with van der Waals surface area (Å²) in [7, 11) is -3.47. The average Bonchev–Trinajstić information content (AvgIpc) is 2.64. The molecule has 0 amide bonds. The summed E-state index contributed by atoms with van der Waals surface area (Å²) in [5.41, 5.74) is 2.34. The molecule has 0 aliphatic carbocycles. The summed E-state index contributed by atoms with van der Waals surface area (Å²) in [5, 5.41) is 0. The molecule has 2 aromatic rings. The Balaban J connectivity index is 1.61. The average molecular weight is 375 g/mol. The van der Waals surface area contributed by atoms with Crippen LogP contribution in [0.1, 0.15) is 34.3 Å². The fraction of sp³-hybridized carbons (Fsp3) is 0.350. The van der Waals surface area contributed by atoms with Crippen LogP contribution in [0.5, 0.6) is 0 Å². The number of Topliss-reactive ketones (excluding diaryl/α,β-unsaturated/α-hetero) is 1. The van der Waals surface area contributed by atoms with Gasteiger partial charge in [0, 0.05) is 24.6 Å². The van der Waals surface area contributed by atoms with Gasteiger partial charge in [0.2, 0.25) is 10.0 Å². The van der Waals surface area contributed by atoms with Crippen LogP contribution in [0, 0.1) is 18.7 Å². The van der Waals surface area contributed by atoms with Crippen molar-refractivity contribution in [2.45, 2.75) is 25.5 Å². The first-order valence-corrected chi connectivity index (χ1v) is 10.3. The number of nitrogens with zero attached hydrogens (tertiary/aromatic N) is 1. The summed E-state index contributed by atoms with van der Waals surface area (Å²) in [4.78, 5) is 12.6. The Bertz CT molecular complexity index is 868. The summed E-state index contributed by atoms with van der Waals surface area (Å²) >= 11 is 0. The molecule has 1 saturated heterocycles. The van der Waals surface area contributed by atoms with Crippen LogP contribution in [-0.2, 0) is 15.8 Å². The monoisotopic (exact) mass is 375 g/mol. The summed E-state index contributed by atoms with van der Waals surface area (Å²) in [6, 6.07) is 13.0. The molecule has 1 aliphatic heterocycles. The van der Waals surface area contributed by atoms with E-state index in [-0.39, 0.29) is 23.3 Å². The number of hydrogen-bond donors (Lipinski definition) is 0. The molecule has 0 unspecified atom stereocenters. The van der Waals surface area contributed by atoms with E-state index >= 15 is 0 Å². The lowest BCUT2D eigenvalue weighted by atomic mass is 9.89. The van der Waals surface area contributed by atoms with Crippen LogP contribution in [0.3, 0.4) is 0 Å². The summed E-state index contributed by atoms with van der Waals surface area (Å²) in [5.74, 6) is -0.596. The zero-order chi connectivity index (χ0) is 18.7. The molecule has 3 rings (SSSR count). The van der Waals surface area contributed by atoms with Crippen molar-refractivity contribution in [2.24, 2.45) is 5.92 Å². The van der Waals surface area contributed by atoms with Crippen LogP contribution in [-0.4, -0.2) is 31.6 Å². The zero-order valence-electron chi connectivity index (χ0n) is 14.7. The molecule has 26 heavy (non-hydrogen) atoms. The highest BCUT2D eigenvalue weighted by Crippen LogP contribution is 2.25. The van der Waals surface area contributed by atoms with Crippen LogP contribution < -0.4 is 0 Å². The van der Waals surface area contributed by atoms with Crippen LogP contribution in [0.4, 0.5) is 4.39 Å². The van der Waals surface area contributed by atoms with E-state index in [2.05, 4.69) is 0 Å². The number of piperidine rings is 1. The topological polar surface area (TPSA) is 54.5 Å². The third kappa shape index (κ3) is 4.37. The van der Waals surface area contributed by atoms with Gasteiger partial charge in [-0.05, 0) is 37.5 Å². The molecule has 2 aromatic carbocycles. The Morgan fingerprint density at radius 2 is 1.62 bits per heavy atom. The van der Waals surface area contributed by atoms with Gasteiger partial charge in [-0.3, -0.25) is 4.79 Å². The third-order valence-corrected chi connectivity index (χ3v) is 6.67. The van der Waals surface area contributed by atoms with Gasteiger partial charge >= 0.3 is 0 Å². The van der Waals surface area contributed by atoms with Crippen LogP contribution in [0.15, 0.2) is 48.5 Å². The Labute approximate surface area is 153 Å². The molecule has 0 radical (unpaired) electrons. The van der Waals surface area contributed by atoms with Gasteiger partial charge in [-0.15, -0.1) is 0 Å². The Morgan fingerprint density at radius 3 is 2.19 bits per heavy atom. The second-order valence-corrected chi connectivity index (χ2v) is 8.76. The van der Waals surface area contributed by atoms with Gasteiger partial charge < -0.3 is 0 Å². The number of carbonyl (C=O) groups is 1. The van der Waals surface area contributed by atoms with E-state index in [0.29, 0.717) is 37.1 Å². The molecular weight excluding hydrogens is 353 g/mol. The molecule has 0 bridgehead atoms. The Morgan fingerprint density at radius 1 is 1.04 bits per heavy atom. The van der Waals surface area contributed by atoms with E-state index in [1.54, 1.807) is 0 Å². The van der Waals surface area contributed by atoms with E-state index in [0.717, 1.165) is 5.56 Å². The number of ketones is 1. The standard InChI is InChI=1S/C20H22FNO3S/c1-15-2-6-17(7-3-15)20(23)18-10-12-22(13-11-18)26(24,25)14-16-4-8-19(21)9-5-16/h2-9,18H,10-14H2,1H3. The van der Waals surface area contributed by atoms with Crippen molar-refractivity contribution in [3.05, 3.63) is 71.0 Å².